The van der Waals surface area contributed by atoms with Crippen molar-refractivity contribution in [2.24, 2.45) is 0 Å². The first-order chi connectivity index (χ1) is 13.6. The van der Waals surface area contributed by atoms with E-state index in [1.807, 2.05) is 0 Å². The Kier molecular flexibility index (Phi) is 8.74. The Balaban J connectivity index is 1.41. The van der Waals surface area contributed by atoms with Gasteiger partial charge in [0.2, 0.25) is 5.13 Å². The van der Waals surface area contributed by atoms with Crippen molar-refractivity contribution in [2.75, 3.05) is 49.3 Å². The molecule has 4 N–H and O–H groups in total. The van der Waals surface area contributed by atoms with Crippen LogP contribution in [0.4, 0.5) is 15.2 Å². The molecule has 0 amide bonds. The van der Waals surface area contributed by atoms with Gasteiger partial charge in [0.1, 0.15) is 12.1 Å². The van der Waals surface area contributed by atoms with E-state index in [0.717, 1.165) is 55.7 Å². The topological polar surface area (TPSA) is 85.3 Å². The summed E-state index contributed by atoms with van der Waals surface area (Å²) in [6.45, 7) is 5.00. The number of β-amino-alcohol motifs (C(OH)–C–C–N with tert-alkyl or cyclic N) is 1. The van der Waals surface area contributed by atoms with Crippen LogP contribution >= 0.6 is 39.4 Å². The SMILES string of the molecule is OC1CNCCN(CCCCNc2cc(F)c(SNc3ncns3)cc2Br)C1. The van der Waals surface area contributed by atoms with Gasteiger partial charge < -0.3 is 20.5 Å². The Morgan fingerprint density at radius 2 is 2.32 bits per heavy atom. The van der Waals surface area contributed by atoms with Crippen molar-refractivity contribution >= 4 is 50.2 Å². The number of nitrogens with zero attached hydrogens (tertiary/aromatic N) is 3. The predicted octanol–water partition coefficient (Wildman–Crippen LogP) is 3.02. The number of anilines is 2. The minimum atomic E-state index is -0.294. The molecule has 11 heteroatoms. The molecule has 1 atom stereocenters. The molecule has 1 unspecified atom stereocenters. The van der Waals surface area contributed by atoms with Crippen LogP contribution < -0.4 is 15.4 Å². The van der Waals surface area contributed by atoms with Gasteiger partial charge in [-0.2, -0.15) is 4.37 Å². The van der Waals surface area contributed by atoms with E-state index in [4.69, 9.17) is 0 Å². The largest absolute Gasteiger partial charge is 0.390 e. The lowest BCUT2D eigenvalue weighted by Crippen LogP contribution is -2.33. The molecule has 1 aliphatic heterocycles. The van der Waals surface area contributed by atoms with Crippen LogP contribution in [0.2, 0.25) is 0 Å². The van der Waals surface area contributed by atoms with E-state index in [2.05, 4.69) is 45.5 Å². The summed E-state index contributed by atoms with van der Waals surface area (Å²) in [7, 11) is 0. The highest BCUT2D eigenvalue weighted by atomic mass is 79.9. The molecule has 1 fully saturated rings. The lowest BCUT2D eigenvalue weighted by molar-refractivity contribution is 0.130. The zero-order valence-electron chi connectivity index (χ0n) is 15.3. The highest BCUT2D eigenvalue weighted by molar-refractivity contribution is 9.10. The van der Waals surface area contributed by atoms with Gasteiger partial charge in [0.25, 0.3) is 0 Å². The van der Waals surface area contributed by atoms with E-state index in [1.54, 1.807) is 6.07 Å². The fraction of sp³-hybridized carbons (Fsp3) is 0.529. The molecule has 7 nitrogen and oxygen atoms in total. The van der Waals surface area contributed by atoms with E-state index >= 15 is 0 Å². The quantitative estimate of drug-likeness (QED) is 0.315. The molecule has 1 aromatic carbocycles. The van der Waals surface area contributed by atoms with Crippen molar-refractivity contribution < 1.29 is 9.50 Å². The van der Waals surface area contributed by atoms with Gasteiger partial charge in [-0.25, -0.2) is 9.37 Å². The van der Waals surface area contributed by atoms with Crippen molar-refractivity contribution in [3.8, 4) is 0 Å². The average molecular weight is 491 g/mol. The minimum absolute atomic E-state index is 0.293. The number of hydrogen-bond acceptors (Lipinski definition) is 9. The molecule has 2 heterocycles. The zero-order valence-corrected chi connectivity index (χ0v) is 18.5. The summed E-state index contributed by atoms with van der Waals surface area (Å²) >= 11 is 5.90. The first kappa shape index (κ1) is 21.7. The third-order valence-corrected chi connectivity index (χ3v) is 6.50. The van der Waals surface area contributed by atoms with Gasteiger partial charge in [-0.05, 0) is 59.4 Å². The van der Waals surface area contributed by atoms with E-state index in [-0.39, 0.29) is 11.9 Å². The van der Waals surface area contributed by atoms with Crippen molar-refractivity contribution in [3.63, 3.8) is 0 Å². The van der Waals surface area contributed by atoms with Crippen LogP contribution in [0.25, 0.3) is 0 Å². The molecule has 2 aromatic rings. The van der Waals surface area contributed by atoms with Gasteiger partial charge in [-0.15, -0.1) is 0 Å². The Morgan fingerprint density at radius 3 is 3.14 bits per heavy atom. The summed E-state index contributed by atoms with van der Waals surface area (Å²) in [5.74, 6) is -0.293. The molecule has 1 aliphatic rings. The second kappa shape index (κ2) is 11.3. The highest BCUT2D eigenvalue weighted by Gasteiger charge is 2.15. The average Bonchev–Trinajstić information content (AvgIpc) is 3.11. The van der Waals surface area contributed by atoms with Crippen LogP contribution in [0, 0.1) is 5.82 Å². The molecular weight excluding hydrogens is 467 g/mol. The minimum Gasteiger partial charge on any atom is -0.390 e. The molecule has 0 saturated carbocycles. The van der Waals surface area contributed by atoms with Crippen LogP contribution in [0.15, 0.2) is 27.8 Å². The molecule has 0 aliphatic carbocycles. The highest BCUT2D eigenvalue weighted by Crippen LogP contribution is 2.32. The zero-order chi connectivity index (χ0) is 19.8. The summed E-state index contributed by atoms with van der Waals surface area (Å²) in [5, 5.41) is 17.0. The predicted molar refractivity (Wildman–Crippen MR) is 117 cm³/mol. The third kappa shape index (κ3) is 6.82. The molecule has 0 bridgehead atoms. The Bertz CT molecular complexity index is 739. The van der Waals surface area contributed by atoms with E-state index in [0.29, 0.717) is 16.6 Å². The van der Waals surface area contributed by atoms with Gasteiger partial charge in [0.05, 0.1) is 16.7 Å². The molecule has 1 saturated heterocycles. The summed E-state index contributed by atoms with van der Waals surface area (Å²) in [4.78, 5) is 6.79. The molecule has 28 heavy (non-hydrogen) atoms. The number of aliphatic hydroxyl groups is 1. The van der Waals surface area contributed by atoms with E-state index < -0.39 is 0 Å². The summed E-state index contributed by atoms with van der Waals surface area (Å²) in [6.07, 6.45) is 3.17. The molecule has 1 aromatic heterocycles. The van der Waals surface area contributed by atoms with E-state index in [1.165, 1.54) is 35.9 Å². The molecule has 3 rings (SSSR count). The molecule has 0 spiro atoms. The van der Waals surface area contributed by atoms with E-state index in [9.17, 15) is 9.50 Å². The second-order valence-electron chi connectivity index (χ2n) is 6.51. The van der Waals surface area contributed by atoms with Crippen LogP contribution in [-0.2, 0) is 0 Å². The number of hydrogen-bond donors (Lipinski definition) is 4. The number of halogens is 2. The second-order valence-corrected chi connectivity index (χ2v) is 8.99. The third-order valence-electron chi connectivity index (χ3n) is 4.30. The number of nitrogens with one attached hydrogen (secondary N) is 3. The van der Waals surface area contributed by atoms with Crippen LogP contribution in [0.3, 0.4) is 0 Å². The van der Waals surface area contributed by atoms with Gasteiger partial charge in [0, 0.05) is 48.7 Å². The lowest BCUT2D eigenvalue weighted by Gasteiger charge is -2.21. The standard InChI is InChI=1S/C17H24BrFN6OS2/c18-13-7-16(27-24-17-22-11-23-28-17)14(19)8-15(13)21-3-1-2-5-25-6-4-20-9-12(26)10-25/h7-8,11-12,20-21,26H,1-6,9-10H2,(H,22,23,24). The fourth-order valence-corrected chi connectivity index (χ4v) is 4.69. The fourth-order valence-electron chi connectivity index (χ4n) is 2.91. The van der Waals surface area contributed by atoms with Crippen LogP contribution in [0.1, 0.15) is 12.8 Å². The van der Waals surface area contributed by atoms with Gasteiger partial charge in [-0.1, -0.05) is 0 Å². The lowest BCUT2D eigenvalue weighted by atomic mass is 10.2. The van der Waals surface area contributed by atoms with Gasteiger partial charge in [0.15, 0.2) is 0 Å². The first-order valence-electron chi connectivity index (χ1n) is 9.15. The number of rotatable bonds is 9. The van der Waals surface area contributed by atoms with Crippen LogP contribution in [0.5, 0.6) is 0 Å². The van der Waals surface area contributed by atoms with Crippen molar-refractivity contribution in [3.05, 3.63) is 28.7 Å². The van der Waals surface area contributed by atoms with Crippen molar-refractivity contribution in [1.29, 1.82) is 0 Å². The Labute approximate surface area is 180 Å². The number of unbranched alkanes of at least 4 members (excludes halogenated alkanes) is 1. The first-order valence-corrected chi connectivity index (χ1v) is 11.5. The molecule has 154 valence electrons. The number of aromatic nitrogens is 2. The summed E-state index contributed by atoms with van der Waals surface area (Å²) in [6, 6.07) is 3.26. The number of benzene rings is 1. The van der Waals surface area contributed by atoms with Gasteiger partial charge in [-0.3, -0.25) is 4.90 Å². The number of aliphatic hydroxyl groups excluding tert-OH is 1. The van der Waals surface area contributed by atoms with Crippen molar-refractivity contribution in [1.82, 2.24) is 19.6 Å². The van der Waals surface area contributed by atoms with Crippen molar-refractivity contribution in [2.45, 2.75) is 23.8 Å². The van der Waals surface area contributed by atoms with Crippen LogP contribution in [-0.4, -0.2) is 64.7 Å². The summed E-state index contributed by atoms with van der Waals surface area (Å²) < 4.78 is 22.1. The summed E-state index contributed by atoms with van der Waals surface area (Å²) in [5.41, 5.74) is 0.743. The molecule has 0 radical (unpaired) electrons. The Morgan fingerprint density at radius 1 is 1.43 bits per heavy atom. The monoisotopic (exact) mass is 490 g/mol. The normalized spacial score (nSPS) is 18.0. The smallest absolute Gasteiger partial charge is 0.212 e. The van der Waals surface area contributed by atoms with Gasteiger partial charge >= 0.3 is 0 Å². The maximum absolute atomic E-state index is 14.4. The maximum Gasteiger partial charge on any atom is 0.212 e. The Hall–Kier alpha value is -0.980. The maximum atomic E-state index is 14.4. The molecular formula is C17H24BrFN6OS2.